The van der Waals surface area contributed by atoms with E-state index >= 15 is 0 Å². The Balaban J connectivity index is 4.00. The van der Waals surface area contributed by atoms with Crippen molar-refractivity contribution in [3.8, 4) is 0 Å². The molecule has 1 saturated carbocycles. The van der Waals surface area contributed by atoms with Gasteiger partial charge in [-0.15, -0.1) is 0 Å². The lowest BCUT2D eigenvalue weighted by molar-refractivity contribution is -0.264. The summed E-state index contributed by atoms with van der Waals surface area (Å²) in [5.74, 6) is -3.83. The van der Waals surface area contributed by atoms with Crippen molar-refractivity contribution in [1.82, 2.24) is 0 Å². The number of hydrogen-bond acceptors (Lipinski definition) is 11. The molecule has 42 heavy (non-hydrogen) atoms. The highest BCUT2D eigenvalue weighted by molar-refractivity contribution is 5.79. The van der Waals surface area contributed by atoms with Crippen molar-refractivity contribution in [1.29, 1.82) is 0 Å². The molecule has 0 saturated heterocycles. The van der Waals surface area contributed by atoms with Gasteiger partial charge >= 0.3 is 29.8 Å². The van der Waals surface area contributed by atoms with Gasteiger partial charge in [0, 0.05) is 0 Å². The molecule has 4 atom stereocenters. The van der Waals surface area contributed by atoms with Crippen molar-refractivity contribution < 1.29 is 52.8 Å². The van der Waals surface area contributed by atoms with Crippen LogP contribution in [0.2, 0.25) is 0 Å². The van der Waals surface area contributed by atoms with Crippen LogP contribution < -0.4 is 0 Å². The zero-order chi connectivity index (χ0) is 33.4. The monoisotopic (exact) mass is 600 g/mol. The molecule has 0 aromatic rings. The van der Waals surface area contributed by atoms with Gasteiger partial charge in [-0.3, -0.25) is 24.0 Å². The minimum Gasteiger partial charge on any atom is -0.455 e. The molecule has 1 rings (SSSR count). The second-order valence-corrected chi connectivity index (χ2v) is 16.1. The molecule has 0 aromatic carbocycles. The summed E-state index contributed by atoms with van der Waals surface area (Å²) in [5, 5.41) is 11.7. The largest absolute Gasteiger partial charge is 0.455 e. The van der Waals surface area contributed by atoms with Gasteiger partial charge in [-0.1, -0.05) is 0 Å². The normalized spacial score (nSPS) is 25.6. The van der Waals surface area contributed by atoms with Crippen molar-refractivity contribution in [3.63, 3.8) is 0 Å². The van der Waals surface area contributed by atoms with E-state index < -0.39 is 93.5 Å². The number of ether oxygens (including phenoxy) is 5. The molecule has 4 unspecified atom stereocenters. The van der Waals surface area contributed by atoms with Crippen molar-refractivity contribution in [2.75, 3.05) is 0 Å². The Morgan fingerprint density at radius 1 is 0.357 bits per heavy atom. The van der Waals surface area contributed by atoms with E-state index in [2.05, 4.69) is 0 Å². The summed E-state index contributed by atoms with van der Waals surface area (Å²) in [6.07, 6.45) is -10.1. The fourth-order valence-corrected chi connectivity index (χ4v) is 3.31. The van der Waals surface area contributed by atoms with Crippen LogP contribution in [0.1, 0.15) is 104 Å². The van der Waals surface area contributed by atoms with E-state index in [4.69, 9.17) is 23.7 Å². The van der Waals surface area contributed by atoms with Crippen molar-refractivity contribution >= 4 is 29.8 Å². The molecule has 0 bridgehead atoms. The second-order valence-electron chi connectivity index (χ2n) is 16.1. The van der Waals surface area contributed by atoms with Crippen LogP contribution in [0.5, 0.6) is 0 Å². The quantitative estimate of drug-likeness (QED) is 0.358. The average molecular weight is 601 g/mol. The highest BCUT2D eigenvalue weighted by atomic mass is 16.7. The summed E-state index contributed by atoms with van der Waals surface area (Å²) in [4.78, 5) is 65.9. The number of aliphatic hydroxyl groups is 1. The minimum absolute atomic E-state index is 0.764. The molecular weight excluding hydrogens is 548 g/mol. The molecule has 242 valence electrons. The first-order valence-corrected chi connectivity index (χ1v) is 14.2. The van der Waals surface area contributed by atoms with Crippen LogP contribution in [0.4, 0.5) is 0 Å². The molecule has 0 amide bonds. The minimum atomic E-state index is -1.84. The van der Waals surface area contributed by atoms with Crippen LogP contribution >= 0.6 is 0 Å². The van der Waals surface area contributed by atoms with Gasteiger partial charge in [-0.25, -0.2) is 0 Å². The molecule has 1 aliphatic rings. The van der Waals surface area contributed by atoms with Gasteiger partial charge in [0.25, 0.3) is 0 Å². The van der Waals surface area contributed by atoms with Crippen LogP contribution in [-0.2, 0) is 47.7 Å². The van der Waals surface area contributed by atoms with Crippen LogP contribution in [-0.4, -0.2) is 71.6 Å². The van der Waals surface area contributed by atoms with E-state index in [1.807, 2.05) is 0 Å². The third-order valence-electron chi connectivity index (χ3n) is 6.25. The molecule has 1 fully saturated rings. The van der Waals surface area contributed by atoms with Crippen molar-refractivity contribution in [2.24, 2.45) is 27.1 Å². The van der Waals surface area contributed by atoms with E-state index in [1.54, 1.807) is 104 Å². The maximum atomic E-state index is 13.3. The van der Waals surface area contributed by atoms with E-state index in [0.717, 1.165) is 0 Å². The molecule has 11 heteroatoms. The first-order chi connectivity index (χ1) is 18.5. The van der Waals surface area contributed by atoms with E-state index in [0.29, 0.717) is 0 Å². The Labute approximate surface area is 250 Å². The predicted octanol–water partition coefficient (Wildman–Crippen LogP) is 4.15. The number of hydrogen-bond donors (Lipinski definition) is 1. The summed E-state index contributed by atoms with van der Waals surface area (Å²) in [6.45, 7) is 23.8. The van der Waals surface area contributed by atoms with Crippen molar-refractivity contribution in [2.45, 2.75) is 140 Å². The van der Waals surface area contributed by atoms with E-state index in [1.165, 1.54) is 0 Å². The number of esters is 5. The molecule has 0 aliphatic heterocycles. The van der Waals surface area contributed by atoms with Gasteiger partial charge in [-0.2, -0.15) is 0 Å². The number of rotatable bonds is 5. The molecule has 0 aromatic heterocycles. The number of aliphatic hydroxyl groups excluding tert-OH is 1. The van der Waals surface area contributed by atoms with Crippen LogP contribution in [0, 0.1) is 27.1 Å². The summed E-state index contributed by atoms with van der Waals surface area (Å²) in [6, 6.07) is 0. The van der Waals surface area contributed by atoms with Gasteiger partial charge < -0.3 is 28.8 Å². The fourth-order valence-electron chi connectivity index (χ4n) is 3.31. The number of carbonyl (C=O) groups excluding carboxylic acids is 5. The summed E-state index contributed by atoms with van der Waals surface area (Å²) in [5.41, 5.74) is -5.29. The molecular formula is C31H52O11. The maximum Gasteiger partial charge on any atom is 0.311 e. The Kier molecular flexibility index (Phi) is 11.1. The molecule has 0 spiro atoms. The van der Waals surface area contributed by atoms with E-state index in [-0.39, 0.29) is 0 Å². The smallest absolute Gasteiger partial charge is 0.311 e. The van der Waals surface area contributed by atoms with Gasteiger partial charge in [0.15, 0.2) is 30.5 Å². The lowest BCUT2D eigenvalue weighted by Gasteiger charge is -2.48. The topological polar surface area (TPSA) is 152 Å². The van der Waals surface area contributed by atoms with Crippen LogP contribution in [0.25, 0.3) is 0 Å². The molecule has 0 heterocycles. The van der Waals surface area contributed by atoms with Crippen LogP contribution in [0.3, 0.4) is 0 Å². The lowest BCUT2D eigenvalue weighted by atomic mass is 9.82. The molecule has 1 aliphatic carbocycles. The van der Waals surface area contributed by atoms with Gasteiger partial charge in [0.2, 0.25) is 0 Å². The summed E-state index contributed by atoms with van der Waals surface area (Å²) < 4.78 is 28.9. The van der Waals surface area contributed by atoms with Gasteiger partial charge in [0.05, 0.1) is 27.1 Å². The molecule has 0 radical (unpaired) electrons. The average Bonchev–Trinajstić information content (AvgIpc) is 2.77. The fraction of sp³-hybridized carbons (Fsp3) is 0.839. The summed E-state index contributed by atoms with van der Waals surface area (Å²) in [7, 11) is 0. The predicted molar refractivity (Wildman–Crippen MR) is 153 cm³/mol. The summed E-state index contributed by atoms with van der Waals surface area (Å²) >= 11 is 0. The Bertz CT molecular complexity index is 958. The second kappa shape index (κ2) is 12.5. The SMILES string of the molecule is CC(C)(C)C(=O)OC1C(O)C(OC(=O)C(C)(C)C)C(OC(=O)C(C)(C)C)C(OC(=O)C(C)(C)C)C1OC(=O)C(C)(C)C. The Hall–Kier alpha value is -2.69. The van der Waals surface area contributed by atoms with Gasteiger partial charge in [0.1, 0.15) is 6.10 Å². The molecule has 11 nitrogen and oxygen atoms in total. The van der Waals surface area contributed by atoms with Crippen LogP contribution in [0.15, 0.2) is 0 Å². The first-order valence-electron chi connectivity index (χ1n) is 14.2. The maximum absolute atomic E-state index is 13.3. The zero-order valence-corrected chi connectivity index (χ0v) is 28.0. The van der Waals surface area contributed by atoms with E-state index in [9.17, 15) is 29.1 Å². The third-order valence-corrected chi connectivity index (χ3v) is 6.25. The zero-order valence-electron chi connectivity index (χ0n) is 28.0. The number of carbonyl (C=O) groups is 5. The highest BCUT2D eigenvalue weighted by Gasteiger charge is 2.61. The lowest BCUT2D eigenvalue weighted by Crippen LogP contribution is -2.69. The molecule has 1 N–H and O–H groups in total. The standard InChI is InChI=1S/C31H52O11/c1-27(2,3)22(33)38-17-16(32)18(39-23(34)28(4,5)6)20(41-25(36)30(10,11)12)21(42-26(37)31(13,14)15)19(17)40-24(35)29(7,8)9/h16-21,32H,1-15H3. The Morgan fingerprint density at radius 2 is 0.500 bits per heavy atom. The highest BCUT2D eigenvalue weighted by Crippen LogP contribution is 2.37. The van der Waals surface area contributed by atoms with Gasteiger partial charge in [-0.05, 0) is 104 Å². The first kappa shape index (κ1) is 37.3. The van der Waals surface area contributed by atoms with Crippen molar-refractivity contribution in [3.05, 3.63) is 0 Å². The Morgan fingerprint density at radius 3 is 0.667 bits per heavy atom. The third kappa shape index (κ3) is 9.67.